The summed E-state index contributed by atoms with van der Waals surface area (Å²) in [5.74, 6) is -0.640. The molecule has 120 valence electrons. The molecule has 0 saturated carbocycles. The fourth-order valence-electron chi connectivity index (χ4n) is 2.49. The molecular weight excluding hydrogens is 318 g/mol. The van der Waals surface area contributed by atoms with Crippen molar-refractivity contribution in [2.75, 3.05) is 6.61 Å². The Morgan fingerprint density at radius 3 is 2.87 bits per heavy atom. The number of carboxylic acid groups (broad SMARTS) is 1. The monoisotopic (exact) mass is 333 g/mol. The first kappa shape index (κ1) is 15.5. The SMILES string of the molecule is O=C(Cc1cc(C(=O)O)cs1)N[C@H]1c2ccccc2OC[C@H]1O. The smallest absolute Gasteiger partial charge is 0.336 e. The molecule has 0 fully saturated rings. The zero-order chi connectivity index (χ0) is 16.4. The lowest BCUT2D eigenvalue weighted by molar-refractivity contribution is -0.122. The number of hydrogen-bond donors (Lipinski definition) is 3. The Kier molecular flexibility index (Phi) is 4.31. The number of amides is 1. The number of aromatic carboxylic acids is 1. The summed E-state index contributed by atoms with van der Waals surface area (Å²) in [6, 6.07) is 8.19. The molecule has 6 nitrogen and oxygen atoms in total. The lowest BCUT2D eigenvalue weighted by Crippen LogP contribution is -2.42. The number of benzene rings is 1. The Morgan fingerprint density at radius 1 is 1.35 bits per heavy atom. The number of thiophene rings is 1. The molecular formula is C16H15NO5S. The second-order valence-electron chi connectivity index (χ2n) is 5.24. The lowest BCUT2D eigenvalue weighted by Gasteiger charge is -2.31. The van der Waals surface area contributed by atoms with Crippen LogP contribution in [0.25, 0.3) is 0 Å². The van der Waals surface area contributed by atoms with Crippen molar-refractivity contribution in [2.24, 2.45) is 0 Å². The number of aliphatic hydroxyl groups is 1. The molecule has 1 aliphatic rings. The number of carboxylic acids is 1. The van der Waals surface area contributed by atoms with E-state index in [1.165, 1.54) is 22.8 Å². The molecule has 0 radical (unpaired) electrons. The van der Waals surface area contributed by atoms with E-state index in [4.69, 9.17) is 9.84 Å². The topological polar surface area (TPSA) is 95.9 Å². The highest BCUT2D eigenvalue weighted by atomic mass is 32.1. The number of carbonyl (C=O) groups excluding carboxylic acids is 1. The summed E-state index contributed by atoms with van der Waals surface area (Å²) in [5.41, 5.74) is 0.909. The Balaban J connectivity index is 1.71. The second-order valence-corrected chi connectivity index (χ2v) is 6.24. The average molecular weight is 333 g/mol. The summed E-state index contributed by atoms with van der Waals surface area (Å²) in [6.07, 6.45) is -0.753. The fourth-order valence-corrected chi connectivity index (χ4v) is 3.35. The predicted molar refractivity (Wildman–Crippen MR) is 83.8 cm³/mol. The Bertz CT molecular complexity index is 742. The highest BCUT2D eigenvalue weighted by Gasteiger charge is 2.30. The van der Waals surface area contributed by atoms with Crippen molar-refractivity contribution in [1.29, 1.82) is 0 Å². The number of para-hydroxylation sites is 1. The van der Waals surface area contributed by atoms with Gasteiger partial charge in [0.2, 0.25) is 5.91 Å². The molecule has 2 heterocycles. The van der Waals surface area contributed by atoms with Gasteiger partial charge in [0.05, 0.1) is 18.0 Å². The number of hydrogen-bond acceptors (Lipinski definition) is 5. The molecule has 0 spiro atoms. The van der Waals surface area contributed by atoms with E-state index >= 15 is 0 Å². The van der Waals surface area contributed by atoms with Gasteiger partial charge in [-0.3, -0.25) is 4.79 Å². The van der Waals surface area contributed by atoms with E-state index in [1.54, 1.807) is 12.1 Å². The number of aliphatic hydroxyl groups excluding tert-OH is 1. The van der Waals surface area contributed by atoms with Crippen LogP contribution in [0.4, 0.5) is 0 Å². The van der Waals surface area contributed by atoms with Crippen LogP contribution in [0.15, 0.2) is 35.7 Å². The minimum atomic E-state index is -1.01. The van der Waals surface area contributed by atoms with Crippen LogP contribution in [0.3, 0.4) is 0 Å². The number of nitrogens with one attached hydrogen (secondary N) is 1. The Labute approximate surface area is 136 Å². The lowest BCUT2D eigenvalue weighted by atomic mass is 9.98. The number of fused-ring (bicyclic) bond motifs is 1. The van der Waals surface area contributed by atoms with Crippen LogP contribution >= 0.6 is 11.3 Å². The van der Waals surface area contributed by atoms with E-state index in [2.05, 4.69) is 5.32 Å². The zero-order valence-corrected chi connectivity index (χ0v) is 12.9. The molecule has 3 N–H and O–H groups in total. The van der Waals surface area contributed by atoms with Gasteiger partial charge in [0.15, 0.2) is 0 Å². The summed E-state index contributed by atoms with van der Waals surface area (Å²) in [7, 11) is 0. The van der Waals surface area contributed by atoms with Gasteiger partial charge in [-0.2, -0.15) is 0 Å². The van der Waals surface area contributed by atoms with Gasteiger partial charge in [0.25, 0.3) is 0 Å². The maximum Gasteiger partial charge on any atom is 0.336 e. The van der Waals surface area contributed by atoms with E-state index in [0.717, 1.165) is 5.56 Å². The molecule has 0 unspecified atom stereocenters. The van der Waals surface area contributed by atoms with Gasteiger partial charge in [0.1, 0.15) is 18.5 Å². The molecule has 0 aliphatic carbocycles. The molecule has 1 aromatic heterocycles. The molecule has 0 bridgehead atoms. The van der Waals surface area contributed by atoms with Crippen molar-refractivity contribution in [3.8, 4) is 5.75 Å². The Morgan fingerprint density at radius 2 is 2.13 bits per heavy atom. The second kappa shape index (κ2) is 6.39. The standard InChI is InChI=1S/C16H15NO5S/c18-12-7-22-13-4-2-1-3-11(13)15(12)17-14(19)6-10-5-9(8-23-10)16(20)21/h1-5,8,12,15,18H,6-7H2,(H,17,19)(H,20,21)/t12-,15+/m1/s1. The predicted octanol–water partition coefficient (Wildman–Crippen LogP) is 1.60. The molecule has 2 aromatic rings. The minimum Gasteiger partial charge on any atom is -0.490 e. The van der Waals surface area contributed by atoms with Crippen molar-refractivity contribution in [1.82, 2.24) is 5.32 Å². The third-order valence-electron chi connectivity index (χ3n) is 3.60. The van der Waals surface area contributed by atoms with Crippen LogP contribution in [0, 0.1) is 0 Å². The van der Waals surface area contributed by atoms with Gasteiger partial charge < -0.3 is 20.3 Å². The van der Waals surface area contributed by atoms with Crippen molar-refractivity contribution in [3.63, 3.8) is 0 Å². The first-order chi connectivity index (χ1) is 11.0. The van der Waals surface area contributed by atoms with Crippen molar-refractivity contribution in [2.45, 2.75) is 18.6 Å². The maximum absolute atomic E-state index is 12.2. The third kappa shape index (κ3) is 3.35. The number of rotatable bonds is 4. The fraction of sp³-hybridized carbons (Fsp3) is 0.250. The Hall–Kier alpha value is -2.38. The van der Waals surface area contributed by atoms with Crippen LogP contribution < -0.4 is 10.1 Å². The van der Waals surface area contributed by atoms with Crippen LogP contribution in [0.5, 0.6) is 5.75 Å². The van der Waals surface area contributed by atoms with Gasteiger partial charge in [-0.1, -0.05) is 18.2 Å². The normalized spacial score (nSPS) is 19.5. The van der Waals surface area contributed by atoms with Gasteiger partial charge in [0, 0.05) is 15.8 Å². The zero-order valence-electron chi connectivity index (χ0n) is 12.1. The molecule has 23 heavy (non-hydrogen) atoms. The highest BCUT2D eigenvalue weighted by Crippen LogP contribution is 2.31. The summed E-state index contributed by atoms with van der Waals surface area (Å²) in [5, 5.41) is 23.3. The largest absolute Gasteiger partial charge is 0.490 e. The van der Waals surface area contributed by atoms with Crippen LogP contribution in [0.2, 0.25) is 0 Å². The third-order valence-corrected chi connectivity index (χ3v) is 4.54. The maximum atomic E-state index is 12.2. The van der Waals surface area contributed by atoms with Gasteiger partial charge in [-0.15, -0.1) is 11.3 Å². The molecule has 1 amide bonds. The molecule has 7 heteroatoms. The van der Waals surface area contributed by atoms with Gasteiger partial charge >= 0.3 is 5.97 Å². The van der Waals surface area contributed by atoms with E-state index in [0.29, 0.717) is 10.6 Å². The summed E-state index contributed by atoms with van der Waals surface area (Å²) in [4.78, 5) is 23.7. The number of ether oxygens (including phenoxy) is 1. The molecule has 1 aromatic carbocycles. The molecule has 3 rings (SSSR count). The van der Waals surface area contributed by atoms with E-state index in [1.807, 2.05) is 12.1 Å². The van der Waals surface area contributed by atoms with Crippen molar-refractivity contribution in [3.05, 3.63) is 51.7 Å². The number of carbonyl (C=O) groups is 2. The van der Waals surface area contributed by atoms with Gasteiger partial charge in [-0.05, 0) is 12.1 Å². The van der Waals surface area contributed by atoms with Crippen molar-refractivity contribution < 1.29 is 24.5 Å². The first-order valence-corrected chi connectivity index (χ1v) is 7.92. The first-order valence-electron chi connectivity index (χ1n) is 7.04. The van der Waals surface area contributed by atoms with Gasteiger partial charge in [-0.25, -0.2) is 4.79 Å². The van der Waals surface area contributed by atoms with Crippen molar-refractivity contribution >= 4 is 23.2 Å². The van der Waals surface area contributed by atoms with E-state index in [-0.39, 0.29) is 24.5 Å². The van der Waals surface area contributed by atoms with Crippen LogP contribution in [-0.2, 0) is 11.2 Å². The molecule has 2 atom stereocenters. The van der Waals surface area contributed by atoms with Crippen LogP contribution in [-0.4, -0.2) is 34.8 Å². The highest BCUT2D eigenvalue weighted by molar-refractivity contribution is 7.10. The molecule has 0 saturated heterocycles. The molecule has 1 aliphatic heterocycles. The average Bonchev–Trinajstić information content (AvgIpc) is 2.99. The van der Waals surface area contributed by atoms with Crippen LogP contribution in [0.1, 0.15) is 26.8 Å². The summed E-state index contributed by atoms with van der Waals surface area (Å²) in [6.45, 7) is 0.115. The summed E-state index contributed by atoms with van der Waals surface area (Å²) >= 11 is 1.23. The minimum absolute atomic E-state index is 0.0736. The summed E-state index contributed by atoms with van der Waals surface area (Å²) < 4.78 is 5.43. The van der Waals surface area contributed by atoms with E-state index in [9.17, 15) is 14.7 Å². The quantitative estimate of drug-likeness (QED) is 0.790. The van der Waals surface area contributed by atoms with E-state index < -0.39 is 18.1 Å².